The zero-order valence-electron chi connectivity index (χ0n) is 9.42. The van der Waals surface area contributed by atoms with Gasteiger partial charge in [-0.05, 0) is 19.8 Å². The maximum Gasteiger partial charge on any atom is 0.0678 e. The number of nitrogens with zero attached hydrogens (tertiary/aromatic N) is 1. The molecule has 0 aromatic heterocycles. The van der Waals surface area contributed by atoms with Crippen LogP contribution in [0.5, 0.6) is 0 Å². The van der Waals surface area contributed by atoms with Gasteiger partial charge in [0.25, 0.3) is 0 Å². The highest BCUT2D eigenvalue weighted by Crippen LogP contribution is 2.13. The highest BCUT2D eigenvalue weighted by molar-refractivity contribution is 4.74. The Kier molecular flexibility index (Phi) is 4.20. The summed E-state index contributed by atoms with van der Waals surface area (Å²) >= 11 is 0. The fraction of sp³-hybridized carbons (Fsp3) is 1.00. The summed E-state index contributed by atoms with van der Waals surface area (Å²) in [7, 11) is 0. The van der Waals surface area contributed by atoms with Crippen LogP contribution >= 0.6 is 0 Å². The molecule has 0 aromatic carbocycles. The molecule has 2 heteroatoms. The van der Waals surface area contributed by atoms with E-state index in [9.17, 15) is 0 Å². The molecule has 0 amide bonds. The number of morpholine rings is 1. The van der Waals surface area contributed by atoms with Crippen molar-refractivity contribution in [3.63, 3.8) is 0 Å². The molecule has 0 bridgehead atoms. The third-order valence-corrected chi connectivity index (χ3v) is 2.76. The molecule has 0 aliphatic carbocycles. The van der Waals surface area contributed by atoms with Gasteiger partial charge in [0.2, 0.25) is 0 Å². The highest BCUT2D eigenvalue weighted by Gasteiger charge is 2.22. The molecule has 2 nitrogen and oxygen atoms in total. The van der Waals surface area contributed by atoms with Crippen molar-refractivity contribution in [2.45, 2.75) is 46.3 Å². The maximum absolute atomic E-state index is 5.69. The van der Waals surface area contributed by atoms with Crippen LogP contribution in [0.1, 0.15) is 34.1 Å². The maximum atomic E-state index is 5.69. The summed E-state index contributed by atoms with van der Waals surface area (Å²) in [6.45, 7) is 12.4. The first-order valence-electron chi connectivity index (χ1n) is 5.49. The number of rotatable bonds is 3. The summed E-state index contributed by atoms with van der Waals surface area (Å²) in [5.41, 5.74) is 0. The fourth-order valence-corrected chi connectivity index (χ4v) is 2.00. The van der Waals surface area contributed by atoms with Gasteiger partial charge in [0.15, 0.2) is 0 Å². The van der Waals surface area contributed by atoms with Crippen LogP contribution in [0.3, 0.4) is 0 Å². The molecular formula is C11H23NO. The Balaban J connectivity index is 2.32. The Labute approximate surface area is 82.3 Å². The summed E-state index contributed by atoms with van der Waals surface area (Å²) in [4.78, 5) is 2.53. The van der Waals surface area contributed by atoms with E-state index in [1.165, 1.54) is 13.0 Å². The Bertz CT molecular complexity index is 139. The summed E-state index contributed by atoms with van der Waals surface area (Å²) in [6.07, 6.45) is 2.10. The van der Waals surface area contributed by atoms with Gasteiger partial charge >= 0.3 is 0 Å². The summed E-state index contributed by atoms with van der Waals surface area (Å²) in [5.74, 6) is 0.817. The van der Waals surface area contributed by atoms with Gasteiger partial charge < -0.3 is 4.74 Å². The third kappa shape index (κ3) is 3.65. The number of ether oxygens (including phenoxy) is 1. The molecule has 1 saturated heterocycles. The van der Waals surface area contributed by atoms with Crippen LogP contribution in [0.25, 0.3) is 0 Å². The summed E-state index contributed by atoms with van der Waals surface area (Å²) in [6, 6.07) is 0. The molecule has 0 aromatic rings. The van der Waals surface area contributed by atoms with Crippen molar-refractivity contribution < 1.29 is 4.74 Å². The molecule has 78 valence electrons. The standard InChI is InChI=1S/C11H23NO/c1-5-9(2)6-12-7-10(3)13-11(4)8-12/h9-11H,5-8H2,1-4H3. The van der Waals surface area contributed by atoms with Gasteiger partial charge in [0, 0.05) is 19.6 Å². The van der Waals surface area contributed by atoms with Crippen LogP contribution in [0.2, 0.25) is 0 Å². The predicted octanol–water partition coefficient (Wildman–Crippen LogP) is 2.14. The molecule has 0 radical (unpaired) electrons. The predicted molar refractivity (Wildman–Crippen MR) is 55.9 cm³/mol. The summed E-state index contributed by atoms with van der Waals surface area (Å²) in [5, 5.41) is 0. The molecule has 1 aliphatic rings. The quantitative estimate of drug-likeness (QED) is 0.668. The Morgan fingerprint density at radius 3 is 2.31 bits per heavy atom. The van der Waals surface area contributed by atoms with E-state index in [0.29, 0.717) is 12.2 Å². The highest BCUT2D eigenvalue weighted by atomic mass is 16.5. The van der Waals surface area contributed by atoms with Crippen molar-refractivity contribution in [1.29, 1.82) is 0 Å². The molecule has 1 aliphatic heterocycles. The van der Waals surface area contributed by atoms with Gasteiger partial charge in [-0.25, -0.2) is 0 Å². The first kappa shape index (κ1) is 11.0. The number of hydrogen-bond donors (Lipinski definition) is 0. The second-order valence-corrected chi connectivity index (χ2v) is 4.49. The second kappa shape index (κ2) is 4.97. The van der Waals surface area contributed by atoms with E-state index in [0.717, 1.165) is 19.0 Å². The molecule has 0 spiro atoms. The van der Waals surface area contributed by atoms with E-state index < -0.39 is 0 Å². The van der Waals surface area contributed by atoms with E-state index in [2.05, 4.69) is 32.6 Å². The van der Waals surface area contributed by atoms with E-state index >= 15 is 0 Å². The normalized spacial score (nSPS) is 33.2. The molecule has 1 rings (SSSR count). The van der Waals surface area contributed by atoms with Crippen molar-refractivity contribution in [3.05, 3.63) is 0 Å². The molecule has 1 fully saturated rings. The lowest BCUT2D eigenvalue weighted by Crippen LogP contribution is -2.46. The zero-order valence-corrected chi connectivity index (χ0v) is 9.42. The number of hydrogen-bond acceptors (Lipinski definition) is 2. The molecule has 3 atom stereocenters. The van der Waals surface area contributed by atoms with Crippen LogP contribution in [0, 0.1) is 5.92 Å². The molecule has 3 unspecified atom stereocenters. The van der Waals surface area contributed by atoms with Gasteiger partial charge in [-0.2, -0.15) is 0 Å². The SMILES string of the molecule is CCC(C)CN1CC(C)OC(C)C1. The minimum Gasteiger partial charge on any atom is -0.373 e. The second-order valence-electron chi connectivity index (χ2n) is 4.49. The van der Waals surface area contributed by atoms with Crippen LogP contribution in [0.15, 0.2) is 0 Å². The van der Waals surface area contributed by atoms with Gasteiger partial charge in [0.1, 0.15) is 0 Å². The minimum atomic E-state index is 0.410. The molecular weight excluding hydrogens is 162 g/mol. The lowest BCUT2D eigenvalue weighted by molar-refractivity contribution is -0.0710. The van der Waals surface area contributed by atoms with Crippen molar-refractivity contribution in [1.82, 2.24) is 4.90 Å². The average molecular weight is 185 g/mol. The molecule has 0 saturated carbocycles. The monoisotopic (exact) mass is 185 g/mol. The smallest absolute Gasteiger partial charge is 0.0678 e. The molecule has 1 heterocycles. The average Bonchev–Trinajstić information content (AvgIpc) is 2.02. The fourth-order valence-electron chi connectivity index (χ4n) is 2.00. The largest absolute Gasteiger partial charge is 0.373 e. The topological polar surface area (TPSA) is 12.5 Å². The lowest BCUT2D eigenvalue weighted by atomic mass is 10.1. The van der Waals surface area contributed by atoms with Gasteiger partial charge in [0.05, 0.1) is 12.2 Å². The van der Waals surface area contributed by atoms with Crippen LogP contribution in [0.4, 0.5) is 0 Å². The molecule has 0 N–H and O–H groups in total. The van der Waals surface area contributed by atoms with Crippen molar-refractivity contribution >= 4 is 0 Å². The van der Waals surface area contributed by atoms with E-state index in [1.807, 2.05) is 0 Å². The van der Waals surface area contributed by atoms with E-state index in [4.69, 9.17) is 4.74 Å². The first-order chi connectivity index (χ1) is 6.11. The van der Waals surface area contributed by atoms with Crippen LogP contribution in [-0.4, -0.2) is 36.7 Å². The van der Waals surface area contributed by atoms with Gasteiger partial charge in [-0.3, -0.25) is 4.90 Å². The van der Waals surface area contributed by atoms with Crippen molar-refractivity contribution in [2.24, 2.45) is 5.92 Å². The molecule has 13 heavy (non-hydrogen) atoms. The zero-order chi connectivity index (χ0) is 9.84. The van der Waals surface area contributed by atoms with Crippen LogP contribution in [-0.2, 0) is 4.74 Å². The van der Waals surface area contributed by atoms with Gasteiger partial charge in [-0.1, -0.05) is 20.3 Å². The van der Waals surface area contributed by atoms with Crippen molar-refractivity contribution in [2.75, 3.05) is 19.6 Å². The third-order valence-electron chi connectivity index (χ3n) is 2.76. The Morgan fingerprint density at radius 1 is 1.31 bits per heavy atom. The van der Waals surface area contributed by atoms with Crippen LogP contribution < -0.4 is 0 Å². The Hall–Kier alpha value is -0.0800. The van der Waals surface area contributed by atoms with Gasteiger partial charge in [-0.15, -0.1) is 0 Å². The van der Waals surface area contributed by atoms with E-state index in [1.54, 1.807) is 0 Å². The lowest BCUT2D eigenvalue weighted by Gasteiger charge is -2.36. The van der Waals surface area contributed by atoms with Crippen molar-refractivity contribution in [3.8, 4) is 0 Å². The van der Waals surface area contributed by atoms with E-state index in [-0.39, 0.29) is 0 Å². The minimum absolute atomic E-state index is 0.410. The first-order valence-corrected chi connectivity index (χ1v) is 5.49. The Morgan fingerprint density at radius 2 is 1.85 bits per heavy atom. The summed E-state index contributed by atoms with van der Waals surface area (Å²) < 4.78 is 5.69.